The van der Waals surface area contributed by atoms with E-state index in [1.165, 1.54) is 13.2 Å². The number of nitrogens with one attached hydrogen (secondary N) is 2. The number of nitro groups is 1. The molecule has 0 aliphatic heterocycles. The van der Waals surface area contributed by atoms with E-state index in [0.29, 0.717) is 5.69 Å². The van der Waals surface area contributed by atoms with Gasteiger partial charge in [0.25, 0.3) is 5.69 Å². The van der Waals surface area contributed by atoms with Crippen LogP contribution in [0.25, 0.3) is 0 Å². The summed E-state index contributed by atoms with van der Waals surface area (Å²) in [7, 11) is 1.24. The van der Waals surface area contributed by atoms with E-state index in [4.69, 9.17) is 5.11 Å². The highest BCUT2D eigenvalue weighted by molar-refractivity contribution is 5.78. The molecule has 0 saturated carbocycles. The van der Waals surface area contributed by atoms with Gasteiger partial charge in [-0.05, 0) is 6.07 Å². The first kappa shape index (κ1) is 17.4. The van der Waals surface area contributed by atoms with Crippen molar-refractivity contribution in [1.82, 2.24) is 5.32 Å². The average molecular weight is 311 g/mol. The first-order valence-corrected chi connectivity index (χ1v) is 6.45. The second kappa shape index (κ2) is 8.57. The predicted octanol–water partition coefficient (Wildman–Crippen LogP) is 0.613. The highest BCUT2D eigenvalue weighted by Gasteiger charge is 2.17. The van der Waals surface area contributed by atoms with E-state index in [0.717, 1.165) is 0 Å². The fourth-order valence-electron chi connectivity index (χ4n) is 1.66. The number of methoxy groups -OCH3 is 1. The van der Waals surface area contributed by atoms with E-state index in [-0.39, 0.29) is 31.1 Å². The molecule has 0 radical (unpaired) electrons. The summed E-state index contributed by atoms with van der Waals surface area (Å²) in [6.07, 6.45) is -1.06. The minimum absolute atomic E-state index is 0.0438. The van der Waals surface area contributed by atoms with Crippen molar-refractivity contribution in [3.05, 3.63) is 34.4 Å². The third kappa shape index (κ3) is 5.37. The van der Waals surface area contributed by atoms with Crippen LogP contribution in [0.15, 0.2) is 24.3 Å². The summed E-state index contributed by atoms with van der Waals surface area (Å²) in [6, 6.07) is 6.10. The average Bonchev–Trinajstić information content (AvgIpc) is 2.47. The number of carbonyl (C=O) groups is 2. The Balaban J connectivity index is 2.40. The van der Waals surface area contributed by atoms with Crippen LogP contribution in [0.2, 0.25) is 0 Å². The van der Waals surface area contributed by atoms with E-state index >= 15 is 0 Å². The van der Waals surface area contributed by atoms with E-state index in [2.05, 4.69) is 15.4 Å². The Bertz CT molecular complexity index is 548. The lowest BCUT2D eigenvalue weighted by Crippen LogP contribution is -2.38. The van der Waals surface area contributed by atoms with E-state index in [1.54, 1.807) is 18.2 Å². The molecule has 22 heavy (non-hydrogen) atoms. The van der Waals surface area contributed by atoms with Crippen LogP contribution in [0.4, 0.5) is 11.4 Å². The number of hydrogen-bond donors (Lipinski definition) is 3. The zero-order valence-electron chi connectivity index (χ0n) is 11.9. The third-order valence-electron chi connectivity index (χ3n) is 2.81. The number of nitrogens with zero attached hydrogens (tertiary/aromatic N) is 1. The van der Waals surface area contributed by atoms with Crippen LogP contribution in [0, 0.1) is 10.1 Å². The summed E-state index contributed by atoms with van der Waals surface area (Å²) < 4.78 is 4.67. The van der Waals surface area contributed by atoms with Crippen molar-refractivity contribution in [1.29, 1.82) is 0 Å². The fourth-order valence-corrected chi connectivity index (χ4v) is 1.66. The van der Waals surface area contributed by atoms with Gasteiger partial charge in [-0.15, -0.1) is 0 Å². The number of hydrogen-bond acceptors (Lipinski definition) is 6. The highest BCUT2D eigenvalue weighted by Crippen LogP contribution is 2.22. The molecule has 0 aromatic heterocycles. The molecule has 1 amide bonds. The number of anilines is 1. The molecule has 1 aromatic carbocycles. The molecular weight excluding hydrogens is 294 g/mol. The second-order valence-corrected chi connectivity index (χ2v) is 4.32. The van der Waals surface area contributed by atoms with Gasteiger partial charge in [0.05, 0.1) is 11.5 Å². The molecule has 3 N–H and O–H groups in total. The first-order valence-electron chi connectivity index (χ1n) is 6.45. The van der Waals surface area contributed by atoms with Gasteiger partial charge in [0.2, 0.25) is 5.91 Å². The lowest BCUT2D eigenvalue weighted by Gasteiger charge is -2.12. The Labute approximate surface area is 126 Å². The standard InChI is InChI=1S/C13H17N3O6/c1-22-11(13(18)19)8-15-12(17)6-7-14-9-4-2-3-5-10(9)16(20)21/h2-5,11,14H,6-8H2,1H3,(H,15,17)(H,18,19). The molecule has 0 fully saturated rings. The summed E-state index contributed by atoms with van der Waals surface area (Å²) >= 11 is 0. The lowest BCUT2D eigenvalue weighted by atomic mass is 10.2. The fraction of sp³-hybridized carbons (Fsp3) is 0.385. The minimum Gasteiger partial charge on any atom is -0.479 e. The molecule has 0 aliphatic carbocycles. The van der Waals surface area contributed by atoms with Crippen molar-refractivity contribution in [3.63, 3.8) is 0 Å². The van der Waals surface area contributed by atoms with Gasteiger partial charge in [0.15, 0.2) is 6.10 Å². The van der Waals surface area contributed by atoms with Gasteiger partial charge < -0.3 is 20.5 Å². The molecular formula is C13H17N3O6. The molecule has 9 heteroatoms. The van der Waals surface area contributed by atoms with Crippen LogP contribution >= 0.6 is 0 Å². The van der Waals surface area contributed by atoms with Crippen LogP contribution in [0.3, 0.4) is 0 Å². The Morgan fingerprint density at radius 2 is 2.09 bits per heavy atom. The van der Waals surface area contributed by atoms with Gasteiger partial charge in [-0.1, -0.05) is 12.1 Å². The van der Waals surface area contributed by atoms with Crippen molar-refractivity contribution in [2.45, 2.75) is 12.5 Å². The normalized spacial score (nSPS) is 11.5. The summed E-state index contributed by atoms with van der Waals surface area (Å²) in [5.74, 6) is -1.55. The number of nitro benzene ring substituents is 1. The first-order chi connectivity index (χ1) is 10.5. The smallest absolute Gasteiger partial charge is 0.334 e. The molecule has 0 spiro atoms. The number of carboxylic acids is 1. The van der Waals surface area contributed by atoms with Gasteiger partial charge in [-0.3, -0.25) is 14.9 Å². The highest BCUT2D eigenvalue weighted by atomic mass is 16.6. The molecule has 1 unspecified atom stereocenters. The minimum atomic E-state index is -1.17. The van der Waals surface area contributed by atoms with Crippen LogP contribution in [0.5, 0.6) is 0 Å². The molecule has 0 heterocycles. The number of carboxylic acid groups (broad SMARTS) is 1. The molecule has 9 nitrogen and oxygen atoms in total. The number of para-hydroxylation sites is 2. The van der Waals surface area contributed by atoms with Gasteiger partial charge in [0.1, 0.15) is 5.69 Å². The Morgan fingerprint density at radius 1 is 1.41 bits per heavy atom. The maximum Gasteiger partial charge on any atom is 0.334 e. The van der Waals surface area contributed by atoms with E-state index < -0.39 is 17.0 Å². The third-order valence-corrected chi connectivity index (χ3v) is 2.81. The number of aliphatic carboxylic acids is 1. The second-order valence-electron chi connectivity index (χ2n) is 4.32. The number of benzene rings is 1. The van der Waals surface area contributed by atoms with Crippen molar-refractivity contribution in [2.75, 3.05) is 25.5 Å². The zero-order valence-corrected chi connectivity index (χ0v) is 11.9. The maximum atomic E-state index is 11.6. The van der Waals surface area contributed by atoms with Crippen LogP contribution in [-0.2, 0) is 14.3 Å². The largest absolute Gasteiger partial charge is 0.479 e. The van der Waals surface area contributed by atoms with Gasteiger partial charge in [0, 0.05) is 26.1 Å². The van der Waals surface area contributed by atoms with Gasteiger partial charge in [-0.25, -0.2) is 4.79 Å². The predicted molar refractivity (Wildman–Crippen MR) is 77.6 cm³/mol. The summed E-state index contributed by atoms with van der Waals surface area (Å²) in [5.41, 5.74) is 0.244. The molecule has 120 valence electrons. The SMILES string of the molecule is COC(CNC(=O)CCNc1ccccc1[N+](=O)[O-])C(=O)O. The van der Waals surface area contributed by atoms with Crippen molar-refractivity contribution >= 4 is 23.3 Å². The van der Waals surface area contributed by atoms with Crippen molar-refractivity contribution in [2.24, 2.45) is 0 Å². The summed E-state index contributed by atoms with van der Waals surface area (Å²) in [6.45, 7) is 0.0392. The molecule has 1 aromatic rings. The molecule has 0 saturated heterocycles. The van der Waals surface area contributed by atoms with E-state index in [9.17, 15) is 19.7 Å². The lowest BCUT2D eigenvalue weighted by molar-refractivity contribution is -0.384. The van der Waals surface area contributed by atoms with Gasteiger partial charge in [-0.2, -0.15) is 0 Å². The Kier molecular flexibility index (Phi) is 6.77. The number of carbonyl (C=O) groups excluding carboxylic acids is 1. The number of ether oxygens (including phenoxy) is 1. The quantitative estimate of drug-likeness (QED) is 0.450. The van der Waals surface area contributed by atoms with Crippen LogP contribution in [-0.4, -0.2) is 48.2 Å². The number of amides is 1. The topological polar surface area (TPSA) is 131 Å². The van der Waals surface area contributed by atoms with Gasteiger partial charge >= 0.3 is 5.97 Å². The summed E-state index contributed by atoms with van der Waals surface area (Å²) in [5, 5.41) is 24.8. The monoisotopic (exact) mass is 311 g/mol. The molecule has 1 atom stereocenters. The van der Waals surface area contributed by atoms with Crippen molar-refractivity contribution < 1.29 is 24.4 Å². The van der Waals surface area contributed by atoms with Crippen molar-refractivity contribution in [3.8, 4) is 0 Å². The Morgan fingerprint density at radius 3 is 2.68 bits per heavy atom. The maximum absolute atomic E-state index is 11.6. The van der Waals surface area contributed by atoms with Crippen LogP contribution in [0.1, 0.15) is 6.42 Å². The molecule has 0 bridgehead atoms. The zero-order chi connectivity index (χ0) is 16.5. The number of rotatable bonds is 9. The van der Waals surface area contributed by atoms with E-state index in [1.807, 2.05) is 0 Å². The molecule has 0 aliphatic rings. The Hall–Kier alpha value is -2.68. The molecule has 1 rings (SSSR count). The summed E-state index contributed by atoms with van der Waals surface area (Å²) in [4.78, 5) is 32.5. The van der Waals surface area contributed by atoms with Crippen LogP contribution < -0.4 is 10.6 Å².